The van der Waals surface area contributed by atoms with E-state index in [1.54, 1.807) is 4.90 Å². The third kappa shape index (κ3) is 6.49. The Balaban J connectivity index is 1.38. The van der Waals surface area contributed by atoms with Crippen molar-refractivity contribution in [2.24, 2.45) is 5.92 Å². The minimum atomic E-state index is -0.142. The molecule has 174 valence electrons. The molecule has 0 aliphatic carbocycles. The summed E-state index contributed by atoms with van der Waals surface area (Å²) in [6.07, 6.45) is 5.33. The number of anilines is 1. The highest BCUT2D eigenvalue weighted by molar-refractivity contribution is 9.10. The predicted molar refractivity (Wildman–Crippen MR) is 139 cm³/mol. The number of likely N-dealkylation sites (tertiary alicyclic amines) is 1. The van der Waals surface area contributed by atoms with E-state index in [9.17, 15) is 9.59 Å². The van der Waals surface area contributed by atoms with E-state index in [0.29, 0.717) is 11.4 Å². The van der Waals surface area contributed by atoms with Gasteiger partial charge in [-0.15, -0.1) is 0 Å². The SMILES string of the molecule is CC1CCN(CCCNC(=O)CN2C(=O)/C(=C\c3cccc(Br)c3)Sc3ccccc32)CC1. The average Bonchev–Trinajstić information content (AvgIpc) is 2.81. The van der Waals surface area contributed by atoms with Gasteiger partial charge in [0.2, 0.25) is 5.91 Å². The van der Waals surface area contributed by atoms with Crippen molar-refractivity contribution in [2.45, 2.75) is 31.1 Å². The van der Waals surface area contributed by atoms with Crippen molar-refractivity contribution >= 4 is 51.3 Å². The number of hydrogen-bond acceptors (Lipinski definition) is 4. The van der Waals surface area contributed by atoms with Gasteiger partial charge >= 0.3 is 0 Å². The molecule has 0 bridgehead atoms. The largest absolute Gasteiger partial charge is 0.355 e. The molecule has 0 radical (unpaired) electrons. The van der Waals surface area contributed by atoms with Crippen LogP contribution in [0.25, 0.3) is 6.08 Å². The molecule has 2 aromatic carbocycles. The maximum atomic E-state index is 13.3. The van der Waals surface area contributed by atoms with Gasteiger partial charge in [-0.05, 0) is 80.7 Å². The molecule has 0 atom stereocenters. The van der Waals surface area contributed by atoms with E-state index in [2.05, 4.69) is 33.1 Å². The number of benzene rings is 2. The number of nitrogens with one attached hydrogen (secondary N) is 1. The molecule has 1 N–H and O–H groups in total. The van der Waals surface area contributed by atoms with Crippen LogP contribution in [0.3, 0.4) is 0 Å². The van der Waals surface area contributed by atoms with Gasteiger partial charge in [0.25, 0.3) is 5.91 Å². The molecule has 0 spiro atoms. The first-order chi connectivity index (χ1) is 16.0. The molecule has 2 aliphatic rings. The number of rotatable bonds is 7. The fraction of sp³-hybridized carbons (Fsp3) is 0.385. The molecular formula is C26H30BrN3O2S. The van der Waals surface area contributed by atoms with Crippen molar-refractivity contribution in [2.75, 3.05) is 37.6 Å². The molecule has 7 heteroatoms. The molecule has 0 saturated carbocycles. The van der Waals surface area contributed by atoms with Crippen LogP contribution >= 0.6 is 27.7 Å². The number of fused-ring (bicyclic) bond motifs is 1. The van der Waals surface area contributed by atoms with E-state index in [0.717, 1.165) is 52.6 Å². The highest BCUT2D eigenvalue weighted by Gasteiger charge is 2.30. The van der Waals surface area contributed by atoms with Crippen molar-refractivity contribution in [1.82, 2.24) is 10.2 Å². The molecule has 1 fully saturated rings. The van der Waals surface area contributed by atoms with Crippen LogP contribution in [0.2, 0.25) is 0 Å². The fourth-order valence-corrected chi connectivity index (χ4v) is 5.66. The Labute approximate surface area is 208 Å². The summed E-state index contributed by atoms with van der Waals surface area (Å²) in [5.74, 6) is 0.557. The molecule has 5 nitrogen and oxygen atoms in total. The summed E-state index contributed by atoms with van der Waals surface area (Å²) in [7, 11) is 0. The summed E-state index contributed by atoms with van der Waals surface area (Å²) in [6.45, 7) is 6.28. The summed E-state index contributed by atoms with van der Waals surface area (Å²) >= 11 is 4.93. The van der Waals surface area contributed by atoms with Crippen molar-refractivity contribution in [1.29, 1.82) is 0 Å². The van der Waals surface area contributed by atoms with Crippen LogP contribution in [-0.2, 0) is 9.59 Å². The third-order valence-electron chi connectivity index (χ3n) is 6.13. The van der Waals surface area contributed by atoms with Gasteiger partial charge in [-0.1, -0.05) is 58.9 Å². The van der Waals surface area contributed by atoms with Crippen LogP contribution < -0.4 is 10.2 Å². The Kier molecular flexibility index (Phi) is 8.28. The zero-order valence-corrected chi connectivity index (χ0v) is 21.3. The van der Waals surface area contributed by atoms with E-state index in [-0.39, 0.29) is 18.4 Å². The molecule has 0 aromatic heterocycles. The zero-order chi connectivity index (χ0) is 23.2. The molecule has 33 heavy (non-hydrogen) atoms. The Hall–Kier alpha value is -2.09. The third-order valence-corrected chi connectivity index (χ3v) is 7.70. The number of hydrogen-bond donors (Lipinski definition) is 1. The molecule has 2 amide bonds. The second-order valence-corrected chi connectivity index (χ2v) is 10.8. The van der Waals surface area contributed by atoms with Crippen LogP contribution in [-0.4, -0.2) is 49.4 Å². The first kappa shape index (κ1) is 24.0. The van der Waals surface area contributed by atoms with Gasteiger partial charge in [-0.2, -0.15) is 0 Å². The zero-order valence-electron chi connectivity index (χ0n) is 18.9. The van der Waals surface area contributed by atoms with Gasteiger partial charge in [0, 0.05) is 15.9 Å². The van der Waals surface area contributed by atoms with E-state index >= 15 is 0 Å². The minimum Gasteiger partial charge on any atom is -0.355 e. The summed E-state index contributed by atoms with van der Waals surface area (Å²) in [6, 6.07) is 15.6. The van der Waals surface area contributed by atoms with Crippen molar-refractivity contribution in [3.63, 3.8) is 0 Å². The van der Waals surface area contributed by atoms with Gasteiger partial charge in [0.1, 0.15) is 6.54 Å². The summed E-state index contributed by atoms with van der Waals surface area (Å²) in [5.41, 5.74) is 1.73. The lowest BCUT2D eigenvalue weighted by atomic mass is 9.99. The lowest BCUT2D eigenvalue weighted by molar-refractivity contribution is -0.122. The number of piperidine rings is 1. The second-order valence-electron chi connectivity index (χ2n) is 8.75. The van der Waals surface area contributed by atoms with Crippen LogP contribution in [0, 0.1) is 5.92 Å². The standard InChI is InChI=1S/C26H30BrN3O2S/c1-19-10-14-29(15-11-19)13-5-12-28-25(31)18-30-22-8-2-3-9-23(22)33-24(26(30)32)17-20-6-4-7-21(27)16-20/h2-4,6-9,16-17,19H,5,10-15,18H2,1H3,(H,28,31)/b24-17+. The maximum absolute atomic E-state index is 13.3. The smallest absolute Gasteiger partial charge is 0.265 e. The molecule has 0 unspecified atom stereocenters. The normalized spacial score (nSPS) is 18.4. The maximum Gasteiger partial charge on any atom is 0.265 e. The monoisotopic (exact) mass is 527 g/mol. The number of carbonyl (C=O) groups is 2. The first-order valence-corrected chi connectivity index (χ1v) is 13.2. The molecule has 2 aromatic rings. The number of para-hydroxylation sites is 1. The number of thioether (sulfide) groups is 1. The fourth-order valence-electron chi connectivity index (χ4n) is 4.18. The predicted octanol–water partition coefficient (Wildman–Crippen LogP) is 5.17. The first-order valence-electron chi connectivity index (χ1n) is 11.5. The average molecular weight is 529 g/mol. The van der Waals surface area contributed by atoms with Gasteiger partial charge < -0.3 is 10.2 Å². The van der Waals surface area contributed by atoms with Gasteiger partial charge in [0.15, 0.2) is 0 Å². The van der Waals surface area contributed by atoms with Crippen molar-refractivity contribution < 1.29 is 9.59 Å². The lowest BCUT2D eigenvalue weighted by Crippen LogP contribution is -2.43. The van der Waals surface area contributed by atoms with Crippen LogP contribution in [0.15, 0.2) is 62.8 Å². The van der Waals surface area contributed by atoms with Gasteiger partial charge in [0.05, 0.1) is 10.6 Å². The highest BCUT2D eigenvalue weighted by Crippen LogP contribution is 2.42. The van der Waals surface area contributed by atoms with E-state index in [1.807, 2.05) is 54.6 Å². The summed E-state index contributed by atoms with van der Waals surface area (Å²) in [4.78, 5) is 31.7. The second kappa shape index (κ2) is 11.4. The Morgan fingerprint density at radius 3 is 2.76 bits per heavy atom. The number of nitrogens with zero attached hydrogens (tertiary/aromatic N) is 2. The number of halogens is 1. The lowest BCUT2D eigenvalue weighted by Gasteiger charge is -2.30. The summed E-state index contributed by atoms with van der Waals surface area (Å²) in [5, 5.41) is 3.01. The highest BCUT2D eigenvalue weighted by atomic mass is 79.9. The Bertz CT molecular complexity index is 1030. The van der Waals surface area contributed by atoms with Crippen LogP contribution in [0.4, 0.5) is 5.69 Å². The van der Waals surface area contributed by atoms with E-state index in [4.69, 9.17) is 0 Å². The van der Waals surface area contributed by atoms with Crippen LogP contribution in [0.1, 0.15) is 31.7 Å². The summed E-state index contributed by atoms with van der Waals surface area (Å²) < 4.78 is 0.959. The Morgan fingerprint density at radius 1 is 1.18 bits per heavy atom. The van der Waals surface area contributed by atoms with Crippen LogP contribution in [0.5, 0.6) is 0 Å². The van der Waals surface area contributed by atoms with Crippen molar-refractivity contribution in [3.8, 4) is 0 Å². The minimum absolute atomic E-state index is 0.0213. The molecule has 4 rings (SSSR count). The Morgan fingerprint density at radius 2 is 1.97 bits per heavy atom. The molecular weight excluding hydrogens is 498 g/mol. The topological polar surface area (TPSA) is 52.7 Å². The molecule has 2 heterocycles. The van der Waals surface area contributed by atoms with Crippen molar-refractivity contribution in [3.05, 3.63) is 63.5 Å². The van der Waals surface area contributed by atoms with Gasteiger partial charge in [-0.25, -0.2) is 0 Å². The number of amides is 2. The number of carbonyl (C=O) groups excluding carboxylic acids is 2. The van der Waals surface area contributed by atoms with E-state index < -0.39 is 0 Å². The van der Waals surface area contributed by atoms with Gasteiger partial charge in [-0.3, -0.25) is 14.5 Å². The molecule has 1 saturated heterocycles. The van der Waals surface area contributed by atoms with E-state index in [1.165, 1.54) is 24.6 Å². The quantitative estimate of drug-likeness (QED) is 0.398. The molecule has 2 aliphatic heterocycles.